The van der Waals surface area contributed by atoms with E-state index in [9.17, 15) is 18.0 Å². The number of aliphatic carboxylic acids is 1. The van der Waals surface area contributed by atoms with E-state index in [-0.39, 0.29) is 12.5 Å². The van der Waals surface area contributed by atoms with E-state index in [0.29, 0.717) is 24.8 Å². The van der Waals surface area contributed by atoms with E-state index in [4.69, 9.17) is 10.8 Å². The number of hydrogen-bond donors (Lipinski definition) is 2. The fraction of sp³-hybridized carbons (Fsp3) is 0.533. The van der Waals surface area contributed by atoms with Crippen molar-refractivity contribution in [3.8, 4) is 0 Å². The standard InChI is InChI=1S/C15H20F3NO2/c1-10(7-12(9-19)14(20)21)5-6-11-3-2-4-13(8-11)15(16,17)18/h2-4,8,10,12H,5-7,9,19H2,1H3,(H,20,21). The summed E-state index contributed by atoms with van der Waals surface area (Å²) >= 11 is 0. The predicted molar refractivity (Wildman–Crippen MR) is 73.7 cm³/mol. The van der Waals surface area contributed by atoms with Gasteiger partial charge in [0.2, 0.25) is 0 Å². The minimum absolute atomic E-state index is 0.0727. The molecular weight excluding hydrogens is 283 g/mol. The smallest absolute Gasteiger partial charge is 0.416 e. The van der Waals surface area contributed by atoms with Crippen molar-refractivity contribution in [3.05, 3.63) is 35.4 Å². The molecule has 0 saturated carbocycles. The van der Waals surface area contributed by atoms with Crippen LogP contribution in [-0.4, -0.2) is 17.6 Å². The maximum absolute atomic E-state index is 12.6. The monoisotopic (exact) mass is 303 g/mol. The van der Waals surface area contributed by atoms with Gasteiger partial charge < -0.3 is 10.8 Å². The number of carbonyl (C=O) groups is 1. The van der Waals surface area contributed by atoms with Gasteiger partial charge in [-0.25, -0.2) is 0 Å². The highest BCUT2D eigenvalue weighted by Crippen LogP contribution is 2.30. The van der Waals surface area contributed by atoms with Crippen LogP contribution in [0.5, 0.6) is 0 Å². The lowest BCUT2D eigenvalue weighted by Gasteiger charge is -2.16. The van der Waals surface area contributed by atoms with Gasteiger partial charge in [0.15, 0.2) is 0 Å². The van der Waals surface area contributed by atoms with Gasteiger partial charge in [-0.1, -0.05) is 25.1 Å². The lowest BCUT2D eigenvalue weighted by atomic mass is 9.91. The van der Waals surface area contributed by atoms with Crippen molar-refractivity contribution in [3.63, 3.8) is 0 Å². The fourth-order valence-electron chi connectivity index (χ4n) is 2.22. The van der Waals surface area contributed by atoms with Crippen LogP contribution in [0.25, 0.3) is 0 Å². The molecule has 0 aliphatic heterocycles. The maximum Gasteiger partial charge on any atom is 0.416 e. The van der Waals surface area contributed by atoms with Crippen molar-refractivity contribution in [2.75, 3.05) is 6.54 Å². The normalized spacial score (nSPS) is 14.7. The Morgan fingerprint density at radius 3 is 2.57 bits per heavy atom. The first-order valence-electron chi connectivity index (χ1n) is 6.83. The van der Waals surface area contributed by atoms with Gasteiger partial charge in [0, 0.05) is 6.54 Å². The molecule has 6 heteroatoms. The molecule has 0 amide bonds. The van der Waals surface area contributed by atoms with Crippen LogP contribution in [0.15, 0.2) is 24.3 Å². The number of carboxylic acids is 1. The highest BCUT2D eigenvalue weighted by molar-refractivity contribution is 5.70. The number of alkyl halides is 3. The molecule has 3 nitrogen and oxygen atoms in total. The van der Waals surface area contributed by atoms with Crippen molar-refractivity contribution in [2.24, 2.45) is 17.6 Å². The van der Waals surface area contributed by atoms with Crippen molar-refractivity contribution in [1.29, 1.82) is 0 Å². The summed E-state index contributed by atoms with van der Waals surface area (Å²) < 4.78 is 37.8. The minimum atomic E-state index is -4.34. The van der Waals surface area contributed by atoms with Crippen LogP contribution in [0.3, 0.4) is 0 Å². The van der Waals surface area contributed by atoms with Crippen molar-refractivity contribution in [1.82, 2.24) is 0 Å². The first kappa shape index (κ1) is 17.5. The Kier molecular flexibility index (Phi) is 6.20. The van der Waals surface area contributed by atoms with E-state index >= 15 is 0 Å². The number of halogens is 3. The van der Waals surface area contributed by atoms with Gasteiger partial charge in [0.1, 0.15) is 0 Å². The third-order valence-corrected chi connectivity index (χ3v) is 3.50. The minimum Gasteiger partial charge on any atom is -0.481 e. The number of benzene rings is 1. The molecule has 118 valence electrons. The zero-order chi connectivity index (χ0) is 16.0. The first-order chi connectivity index (χ1) is 9.74. The average Bonchev–Trinajstić information content (AvgIpc) is 2.41. The van der Waals surface area contributed by atoms with Gasteiger partial charge in [-0.3, -0.25) is 4.79 Å². The Hall–Kier alpha value is -1.56. The molecular formula is C15H20F3NO2. The second-order valence-corrected chi connectivity index (χ2v) is 5.35. The third kappa shape index (κ3) is 5.75. The van der Waals surface area contributed by atoms with Crippen LogP contribution in [0, 0.1) is 11.8 Å². The molecule has 0 saturated heterocycles. The van der Waals surface area contributed by atoms with E-state index < -0.39 is 23.6 Å². The highest BCUT2D eigenvalue weighted by Gasteiger charge is 2.30. The molecule has 0 aliphatic carbocycles. The van der Waals surface area contributed by atoms with E-state index in [0.717, 1.165) is 12.1 Å². The Balaban J connectivity index is 2.57. The van der Waals surface area contributed by atoms with Crippen LogP contribution in [0.1, 0.15) is 30.9 Å². The third-order valence-electron chi connectivity index (χ3n) is 3.50. The summed E-state index contributed by atoms with van der Waals surface area (Å²) in [6, 6.07) is 5.23. The van der Waals surface area contributed by atoms with Gasteiger partial charge >= 0.3 is 12.1 Å². The van der Waals surface area contributed by atoms with Crippen molar-refractivity contribution < 1.29 is 23.1 Å². The summed E-state index contributed by atoms with van der Waals surface area (Å²) in [5, 5.41) is 8.93. The number of carboxylic acid groups (broad SMARTS) is 1. The van der Waals surface area contributed by atoms with E-state index in [2.05, 4.69) is 0 Å². The maximum atomic E-state index is 12.6. The fourth-order valence-corrected chi connectivity index (χ4v) is 2.22. The lowest BCUT2D eigenvalue weighted by molar-refractivity contribution is -0.142. The van der Waals surface area contributed by atoms with Gasteiger partial charge in [0.05, 0.1) is 11.5 Å². The van der Waals surface area contributed by atoms with Gasteiger partial charge in [-0.05, 0) is 36.8 Å². The summed E-state index contributed by atoms with van der Waals surface area (Å²) in [4.78, 5) is 10.9. The molecule has 2 unspecified atom stereocenters. The SMILES string of the molecule is CC(CCc1cccc(C(F)(F)F)c1)CC(CN)C(=O)O. The molecule has 1 rings (SSSR count). The summed E-state index contributed by atoms with van der Waals surface area (Å²) in [7, 11) is 0. The van der Waals surface area contributed by atoms with Crippen LogP contribution in [0.2, 0.25) is 0 Å². The molecule has 3 N–H and O–H groups in total. The number of aryl methyl sites for hydroxylation is 1. The topological polar surface area (TPSA) is 63.3 Å². The molecule has 0 radical (unpaired) electrons. The van der Waals surface area contributed by atoms with Crippen LogP contribution >= 0.6 is 0 Å². The summed E-state index contributed by atoms with van der Waals surface area (Å²) in [6.45, 7) is 1.96. The second-order valence-electron chi connectivity index (χ2n) is 5.35. The van der Waals surface area contributed by atoms with E-state index in [1.807, 2.05) is 6.92 Å². The predicted octanol–water partition coefficient (Wildman–Crippen LogP) is 3.32. The highest BCUT2D eigenvalue weighted by atomic mass is 19.4. The van der Waals surface area contributed by atoms with Crippen molar-refractivity contribution in [2.45, 2.75) is 32.4 Å². The quantitative estimate of drug-likeness (QED) is 0.812. The van der Waals surface area contributed by atoms with Gasteiger partial charge in [-0.15, -0.1) is 0 Å². The Bertz CT molecular complexity index is 474. The zero-order valence-electron chi connectivity index (χ0n) is 11.9. The zero-order valence-corrected chi connectivity index (χ0v) is 11.9. The Labute approximate surface area is 122 Å². The van der Waals surface area contributed by atoms with Gasteiger partial charge in [0.25, 0.3) is 0 Å². The Morgan fingerprint density at radius 2 is 2.05 bits per heavy atom. The lowest BCUT2D eigenvalue weighted by Crippen LogP contribution is -2.25. The molecule has 0 spiro atoms. The molecule has 0 aliphatic rings. The van der Waals surface area contributed by atoms with Crippen LogP contribution in [-0.2, 0) is 17.4 Å². The first-order valence-corrected chi connectivity index (χ1v) is 6.83. The molecule has 21 heavy (non-hydrogen) atoms. The Morgan fingerprint density at radius 1 is 1.38 bits per heavy atom. The molecule has 1 aromatic carbocycles. The molecule has 0 heterocycles. The van der Waals surface area contributed by atoms with Crippen LogP contribution < -0.4 is 5.73 Å². The molecule has 1 aromatic rings. The molecule has 0 fully saturated rings. The molecule has 0 bridgehead atoms. The summed E-state index contributed by atoms with van der Waals surface area (Å²) in [5.41, 5.74) is 5.34. The summed E-state index contributed by atoms with van der Waals surface area (Å²) in [6.07, 6.45) is -2.78. The molecule has 0 aromatic heterocycles. The largest absolute Gasteiger partial charge is 0.481 e. The average molecular weight is 303 g/mol. The second kappa shape index (κ2) is 7.45. The van der Waals surface area contributed by atoms with Crippen LogP contribution in [0.4, 0.5) is 13.2 Å². The van der Waals surface area contributed by atoms with Gasteiger partial charge in [-0.2, -0.15) is 13.2 Å². The number of nitrogens with two attached hydrogens (primary N) is 1. The van der Waals surface area contributed by atoms with E-state index in [1.54, 1.807) is 6.07 Å². The number of rotatable bonds is 7. The van der Waals surface area contributed by atoms with Crippen molar-refractivity contribution >= 4 is 5.97 Å². The molecule has 2 atom stereocenters. The summed E-state index contributed by atoms with van der Waals surface area (Å²) in [5.74, 6) is -1.44. The van der Waals surface area contributed by atoms with E-state index in [1.165, 1.54) is 6.07 Å². The number of hydrogen-bond acceptors (Lipinski definition) is 2.